The zero-order chi connectivity index (χ0) is 21.7. The molecule has 32 heavy (non-hydrogen) atoms. The third-order valence-electron chi connectivity index (χ3n) is 7.40. The maximum Gasteiger partial charge on any atom is 0.124 e. The van der Waals surface area contributed by atoms with Crippen LogP contribution in [0.4, 0.5) is 5.69 Å². The van der Waals surface area contributed by atoms with Gasteiger partial charge in [-0.25, -0.2) is 9.97 Å². The molecular formula is C25H31N7. The van der Waals surface area contributed by atoms with Crippen molar-refractivity contribution in [2.24, 2.45) is 0 Å². The average Bonchev–Trinajstić information content (AvgIpc) is 3.44. The maximum atomic E-state index is 5.18. The highest BCUT2D eigenvalue weighted by Gasteiger charge is 2.33. The fraction of sp³-hybridized carbons (Fsp3) is 0.440. The largest absolute Gasteiger partial charge is 0.367 e. The van der Waals surface area contributed by atoms with Gasteiger partial charge in [0.25, 0.3) is 0 Å². The van der Waals surface area contributed by atoms with E-state index in [0.29, 0.717) is 6.04 Å². The summed E-state index contributed by atoms with van der Waals surface area (Å²) in [6.07, 6.45) is 7.43. The summed E-state index contributed by atoms with van der Waals surface area (Å²) in [6.45, 7) is 4.30. The Morgan fingerprint density at radius 2 is 1.78 bits per heavy atom. The molecule has 1 N–H and O–H groups in total. The third kappa shape index (κ3) is 3.27. The molecule has 0 bridgehead atoms. The van der Waals surface area contributed by atoms with Crippen LogP contribution < -0.4 is 4.90 Å². The van der Waals surface area contributed by atoms with Gasteiger partial charge >= 0.3 is 0 Å². The SMILES string of the molecule is CN1CCN(c2cccc3[nH]c([C@H]4CCC[C@@H](c5ncn6ccccc56)N4C)nc23)CC1. The lowest BCUT2D eigenvalue weighted by Crippen LogP contribution is -2.44. The van der Waals surface area contributed by atoms with Gasteiger partial charge in [0.15, 0.2) is 0 Å². The van der Waals surface area contributed by atoms with Crippen molar-refractivity contribution in [3.05, 3.63) is 60.4 Å². The molecule has 7 nitrogen and oxygen atoms in total. The number of nitrogens with zero attached hydrogens (tertiary/aromatic N) is 6. The van der Waals surface area contributed by atoms with Gasteiger partial charge in [-0.1, -0.05) is 12.1 Å². The van der Waals surface area contributed by atoms with Crippen LogP contribution in [0.1, 0.15) is 42.9 Å². The molecule has 5 heterocycles. The zero-order valence-corrected chi connectivity index (χ0v) is 18.9. The van der Waals surface area contributed by atoms with Gasteiger partial charge in [-0.3, -0.25) is 4.90 Å². The Balaban J connectivity index is 1.33. The zero-order valence-electron chi connectivity index (χ0n) is 18.9. The van der Waals surface area contributed by atoms with Crippen molar-refractivity contribution in [2.45, 2.75) is 31.3 Å². The Morgan fingerprint density at radius 3 is 2.66 bits per heavy atom. The molecule has 0 spiro atoms. The van der Waals surface area contributed by atoms with Crippen molar-refractivity contribution in [2.75, 3.05) is 45.2 Å². The number of nitrogens with one attached hydrogen (secondary N) is 1. The maximum absolute atomic E-state index is 5.18. The monoisotopic (exact) mass is 429 g/mol. The molecule has 4 aromatic rings. The van der Waals surface area contributed by atoms with Crippen molar-refractivity contribution >= 4 is 22.2 Å². The number of pyridine rings is 1. The quantitative estimate of drug-likeness (QED) is 0.536. The molecule has 6 rings (SSSR count). The lowest BCUT2D eigenvalue weighted by molar-refractivity contribution is 0.108. The van der Waals surface area contributed by atoms with Crippen LogP contribution in [0, 0.1) is 0 Å². The molecule has 166 valence electrons. The van der Waals surface area contributed by atoms with Gasteiger partial charge in [0.1, 0.15) is 11.3 Å². The highest BCUT2D eigenvalue weighted by atomic mass is 15.3. The number of imidazole rings is 2. The van der Waals surface area contributed by atoms with Gasteiger partial charge in [-0.15, -0.1) is 0 Å². The van der Waals surface area contributed by atoms with Crippen LogP contribution in [0.5, 0.6) is 0 Å². The normalized spacial score (nSPS) is 23.4. The summed E-state index contributed by atoms with van der Waals surface area (Å²) in [4.78, 5) is 21.0. The fourth-order valence-electron chi connectivity index (χ4n) is 5.51. The first kappa shape index (κ1) is 19.8. The Bertz CT molecular complexity index is 1230. The number of likely N-dealkylation sites (tertiary alicyclic amines) is 1. The first-order valence-corrected chi connectivity index (χ1v) is 11.7. The molecule has 0 unspecified atom stereocenters. The van der Waals surface area contributed by atoms with Gasteiger partial charge in [-0.2, -0.15) is 0 Å². The number of anilines is 1. The number of aromatic amines is 1. The van der Waals surface area contributed by atoms with Crippen molar-refractivity contribution in [1.29, 1.82) is 0 Å². The van der Waals surface area contributed by atoms with E-state index in [1.807, 2.05) is 6.33 Å². The number of likely N-dealkylation sites (N-methyl/N-ethyl adjacent to an activating group) is 1. The molecule has 0 aliphatic carbocycles. The minimum atomic E-state index is 0.266. The topological polar surface area (TPSA) is 55.7 Å². The molecule has 7 heteroatoms. The Kier molecular flexibility index (Phi) is 4.88. The number of fused-ring (bicyclic) bond motifs is 2. The summed E-state index contributed by atoms with van der Waals surface area (Å²) in [5, 5.41) is 0. The van der Waals surface area contributed by atoms with Crippen molar-refractivity contribution in [1.82, 2.24) is 29.2 Å². The van der Waals surface area contributed by atoms with E-state index in [0.717, 1.165) is 55.9 Å². The van der Waals surface area contributed by atoms with E-state index < -0.39 is 0 Å². The van der Waals surface area contributed by atoms with Crippen LogP contribution in [0.15, 0.2) is 48.9 Å². The second-order valence-electron chi connectivity index (χ2n) is 9.34. The summed E-state index contributed by atoms with van der Waals surface area (Å²) in [6, 6.07) is 13.4. The van der Waals surface area contributed by atoms with E-state index in [9.17, 15) is 0 Å². The minimum Gasteiger partial charge on any atom is -0.367 e. The van der Waals surface area contributed by atoms with E-state index in [2.05, 4.69) is 80.8 Å². The predicted octanol–water partition coefficient (Wildman–Crippen LogP) is 3.86. The van der Waals surface area contributed by atoms with Crippen LogP contribution in [0.25, 0.3) is 16.6 Å². The molecule has 3 aromatic heterocycles. The van der Waals surface area contributed by atoms with Crippen LogP contribution in [0.2, 0.25) is 0 Å². The lowest BCUT2D eigenvalue weighted by Gasteiger charge is -2.38. The van der Waals surface area contributed by atoms with Crippen molar-refractivity contribution in [3.63, 3.8) is 0 Å². The summed E-state index contributed by atoms with van der Waals surface area (Å²) in [7, 11) is 4.43. The third-order valence-corrected chi connectivity index (χ3v) is 7.40. The van der Waals surface area contributed by atoms with E-state index in [-0.39, 0.29) is 6.04 Å². The fourth-order valence-corrected chi connectivity index (χ4v) is 5.51. The Labute approximate surface area is 188 Å². The Hall–Kier alpha value is -2.90. The molecule has 2 saturated heterocycles. The summed E-state index contributed by atoms with van der Waals surface area (Å²) < 4.78 is 2.12. The van der Waals surface area contributed by atoms with Gasteiger partial charge in [-0.05, 0) is 57.6 Å². The molecule has 0 amide bonds. The first-order chi connectivity index (χ1) is 15.7. The van der Waals surface area contributed by atoms with Gasteiger partial charge in [0.05, 0.1) is 40.8 Å². The van der Waals surface area contributed by atoms with Gasteiger partial charge in [0.2, 0.25) is 0 Å². The van der Waals surface area contributed by atoms with Gasteiger partial charge < -0.3 is 19.2 Å². The van der Waals surface area contributed by atoms with Crippen molar-refractivity contribution < 1.29 is 0 Å². The Morgan fingerprint density at radius 1 is 0.938 bits per heavy atom. The van der Waals surface area contributed by atoms with Crippen LogP contribution in [-0.2, 0) is 0 Å². The number of H-pyrrole nitrogens is 1. The van der Waals surface area contributed by atoms with E-state index in [4.69, 9.17) is 9.97 Å². The number of piperidine rings is 1. The molecule has 2 atom stereocenters. The smallest absolute Gasteiger partial charge is 0.124 e. The number of rotatable bonds is 3. The van der Waals surface area contributed by atoms with E-state index >= 15 is 0 Å². The van der Waals surface area contributed by atoms with Crippen molar-refractivity contribution in [3.8, 4) is 0 Å². The number of hydrogen-bond donors (Lipinski definition) is 1. The standard InChI is InChI=1S/C25H31N7/c1-29-13-15-31(16-14-29)20-10-5-7-18-23(20)28-25(27-18)22-11-6-9-19(30(22)2)24-21-8-3-4-12-32(21)17-26-24/h3-5,7-8,10,12,17,19,22H,6,9,11,13-16H2,1-2H3,(H,27,28)/t19-,22+/m0/s1. The van der Waals surface area contributed by atoms with Gasteiger partial charge in [0, 0.05) is 32.4 Å². The van der Waals surface area contributed by atoms with Crippen LogP contribution in [0.3, 0.4) is 0 Å². The summed E-state index contributed by atoms with van der Waals surface area (Å²) in [5.74, 6) is 1.08. The van der Waals surface area contributed by atoms with Crippen LogP contribution >= 0.6 is 0 Å². The number of para-hydroxylation sites is 1. The van der Waals surface area contributed by atoms with E-state index in [1.165, 1.54) is 23.3 Å². The predicted molar refractivity (Wildman–Crippen MR) is 128 cm³/mol. The minimum absolute atomic E-state index is 0.266. The molecule has 0 radical (unpaired) electrons. The average molecular weight is 430 g/mol. The molecule has 2 aliphatic heterocycles. The van der Waals surface area contributed by atoms with E-state index in [1.54, 1.807) is 0 Å². The highest BCUT2D eigenvalue weighted by molar-refractivity contribution is 5.89. The van der Waals surface area contributed by atoms with Crippen LogP contribution in [-0.4, -0.2) is 69.4 Å². The highest BCUT2D eigenvalue weighted by Crippen LogP contribution is 2.41. The number of benzene rings is 1. The molecular weight excluding hydrogens is 398 g/mol. The number of piperazine rings is 1. The number of aromatic nitrogens is 4. The molecule has 0 saturated carbocycles. The molecule has 2 fully saturated rings. The summed E-state index contributed by atoms with van der Waals surface area (Å²) >= 11 is 0. The second-order valence-corrected chi connectivity index (χ2v) is 9.34. The number of hydrogen-bond acceptors (Lipinski definition) is 5. The second kappa shape index (κ2) is 7.90. The lowest BCUT2D eigenvalue weighted by atomic mass is 9.93. The first-order valence-electron chi connectivity index (χ1n) is 11.7. The molecule has 1 aromatic carbocycles. The molecule has 2 aliphatic rings. The summed E-state index contributed by atoms with van der Waals surface area (Å²) in [5.41, 5.74) is 5.88.